The number of aliphatic hydroxyl groups is 2. The van der Waals surface area contributed by atoms with E-state index in [4.69, 9.17) is 10.2 Å². The molecule has 0 unspecified atom stereocenters. The van der Waals surface area contributed by atoms with Gasteiger partial charge in [-0.3, -0.25) is 0 Å². The van der Waals surface area contributed by atoms with E-state index in [0.29, 0.717) is 0 Å². The van der Waals surface area contributed by atoms with Crippen molar-refractivity contribution in [3.05, 3.63) is 0 Å². The molecule has 0 heterocycles. The Morgan fingerprint density at radius 3 is 1.07 bits per heavy atom. The van der Waals surface area contributed by atoms with Gasteiger partial charge in [0.2, 0.25) is 0 Å². The third-order valence-corrected chi connectivity index (χ3v) is 0.856. The summed E-state index contributed by atoms with van der Waals surface area (Å²) in [4.78, 5) is 0. The van der Waals surface area contributed by atoms with E-state index in [1.807, 2.05) is 0 Å². The van der Waals surface area contributed by atoms with Crippen LogP contribution < -0.4 is 0 Å². The van der Waals surface area contributed by atoms with Gasteiger partial charge in [0.05, 0.1) is 13.2 Å². The van der Waals surface area contributed by atoms with Crippen LogP contribution in [0.2, 0.25) is 0 Å². The van der Waals surface area contributed by atoms with Crippen molar-refractivity contribution in [2.24, 2.45) is 5.41 Å². The second-order valence-corrected chi connectivity index (χ2v) is 9.83. The van der Waals surface area contributed by atoms with Gasteiger partial charge in [-0.15, -0.1) is 0 Å². The van der Waals surface area contributed by atoms with Crippen molar-refractivity contribution in [1.29, 1.82) is 0 Å². The first-order chi connectivity index (χ1) is 5.95. The van der Waals surface area contributed by atoms with Crippen LogP contribution in [0.1, 0.15) is 13.8 Å². The fourth-order valence-electron chi connectivity index (χ4n) is 0.0500. The highest BCUT2D eigenvalue weighted by atomic mass is 28.3. The lowest BCUT2D eigenvalue weighted by Crippen LogP contribution is -2.20. The molecule has 0 amide bonds. The quantitative estimate of drug-likeness (QED) is 0.493. The van der Waals surface area contributed by atoms with Crippen LogP contribution in [0.4, 0.5) is 0 Å². The van der Waals surface area contributed by atoms with Gasteiger partial charge in [-0.05, 0) is 0 Å². The Morgan fingerprint density at radius 2 is 1.07 bits per heavy atom. The molecule has 0 saturated heterocycles. The highest BCUT2D eigenvalue weighted by Gasteiger charge is 2.13. The minimum absolute atomic E-state index is 0. The Balaban J connectivity index is -0.0000000610. The minimum atomic E-state index is -0.306. The largest absolute Gasteiger partial charge is 0.471 e. The summed E-state index contributed by atoms with van der Waals surface area (Å²) in [5.74, 6) is 0. The van der Waals surface area contributed by atoms with Crippen molar-refractivity contribution in [2.75, 3.05) is 13.2 Å². The predicted molar refractivity (Wildman–Crippen MR) is 73.5 cm³/mol. The van der Waals surface area contributed by atoms with E-state index in [2.05, 4.69) is 8.23 Å². The first-order valence-electron chi connectivity index (χ1n) is 3.97. The molecule has 0 aromatic rings. The SMILES string of the molecule is CC(C)(CO)CO.O.[SiH3]O[SiH3].[SiH3]O[SiH3]. The maximum atomic E-state index is 8.43. The second kappa shape index (κ2) is 19.3. The summed E-state index contributed by atoms with van der Waals surface area (Å²) in [6.45, 7) is 3.69. The highest BCUT2D eigenvalue weighted by Crippen LogP contribution is 2.10. The zero-order valence-corrected chi connectivity index (χ0v) is 18.1. The van der Waals surface area contributed by atoms with Crippen molar-refractivity contribution in [3.8, 4) is 0 Å². The van der Waals surface area contributed by atoms with Gasteiger partial charge >= 0.3 is 0 Å². The van der Waals surface area contributed by atoms with E-state index < -0.39 is 0 Å². The molecule has 0 saturated carbocycles. The zero-order chi connectivity index (χ0) is 11.3. The molecule has 0 fully saturated rings. The maximum absolute atomic E-state index is 8.43. The molecule has 5 nitrogen and oxygen atoms in total. The first kappa shape index (κ1) is 24.1. The van der Waals surface area contributed by atoms with Gasteiger partial charge in [0.15, 0.2) is 0 Å². The van der Waals surface area contributed by atoms with E-state index in [-0.39, 0.29) is 24.1 Å². The number of hydrogen-bond donors (Lipinski definition) is 2. The molecule has 0 aliphatic carbocycles. The van der Waals surface area contributed by atoms with Crippen LogP contribution in [0, 0.1) is 5.41 Å². The monoisotopic (exact) mass is 278 g/mol. The van der Waals surface area contributed by atoms with Crippen LogP contribution in [0.25, 0.3) is 0 Å². The van der Waals surface area contributed by atoms with Crippen molar-refractivity contribution in [1.82, 2.24) is 0 Å². The molecule has 0 aliphatic rings. The van der Waals surface area contributed by atoms with Crippen LogP contribution in [-0.4, -0.2) is 70.8 Å². The Bertz CT molecular complexity index is 76.5. The normalized spacial score (nSPS) is 9.43. The summed E-state index contributed by atoms with van der Waals surface area (Å²) in [6.07, 6.45) is 0. The third-order valence-electron chi connectivity index (χ3n) is 0.856. The highest BCUT2D eigenvalue weighted by molar-refractivity contribution is 6.15. The summed E-state index contributed by atoms with van der Waals surface area (Å²) < 4.78 is 9.06. The van der Waals surface area contributed by atoms with Crippen LogP contribution in [0.3, 0.4) is 0 Å². The lowest BCUT2D eigenvalue weighted by Gasteiger charge is -2.16. The van der Waals surface area contributed by atoms with Crippen LogP contribution >= 0.6 is 0 Å². The molecule has 0 spiro atoms. The topological polar surface area (TPSA) is 90.4 Å². The number of rotatable bonds is 2. The van der Waals surface area contributed by atoms with Gasteiger partial charge < -0.3 is 23.9 Å². The predicted octanol–water partition coefficient (Wildman–Crippen LogP) is -5.70. The van der Waals surface area contributed by atoms with Crippen LogP contribution in [-0.2, 0) is 8.23 Å². The summed E-state index contributed by atoms with van der Waals surface area (Å²) in [5, 5.41) is 16.9. The molecule has 0 bridgehead atoms. The van der Waals surface area contributed by atoms with Crippen molar-refractivity contribution < 1.29 is 23.9 Å². The van der Waals surface area contributed by atoms with Crippen molar-refractivity contribution in [2.45, 2.75) is 13.8 Å². The molecule has 0 aromatic heterocycles. The van der Waals surface area contributed by atoms with Crippen LogP contribution in [0.5, 0.6) is 0 Å². The van der Waals surface area contributed by atoms with Gasteiger partial charge in [0.1, 0.15) is 41.9 Å². The Morgan fingerprint density at radius 1 is 0.929 bits per heavy atom. The van der Waals surface area contributed by atoms with Gasteiger partial charge in [-0.25, -0.2) is 0 Å². The van der Waals surface area contributed by atoms with Crippen LogP contribution in [0.15, 0.2) is 0 Å². The second-order valence-electron chi connectivity index (χ2n) is 3.30. The summed E-state index contributed by atoms with van der Waals surface area (Å²) >= 11 is 0. The van der Waals surface area contributed by atoms with E-state index in [1.165, 1.54) is 0 Å². The van der Waals surface area contributed by atoms with Gasteiger partial charge in [0.25, 0.3) is 0 Å². The summed E-state index contributed by atoms with van der Waals surface area (Å²) in [7, 11) is 3.72. The molecule has 9 heteroatoms. The maximum Gasteiger partial charge on any atom is 0.129 e. The van der Waals surface area contributed by atoms with E-state index >= 15 is 0 Å². The minimum Gasteiger partial charge on any atom is -0.471 e. The molecule has 4 N–H and O–H groups in total. The average molecular weight is 279 g/mol. The number of hydrogen-bond acceptors (Lipinski definition) is 4. The zero-order valence-electron chi connectivity index (χ0n) is 10.1. The number of aliphatic hydroxyl groups excluding tert-OH is 2. The smallest absolute Gasteiger partial charge is 0.129 e. The first-order valence-corrected chi connectivity index (χ1v) is 7.24. The average Bonchev–Trinajstić information content (AvgIpc) is 2.08. The molecule has 0 aliphatic heterocycles. The summed E-state index contributed by atoms with van der Waals surface area (Å²) in [6, 6.07) is 0. The lowest BCUT2D eigenvalue weighted by atomic mass is 9.97. The molecular weight excluding hydrogens is 252 g/mol. The van der Waals surface area contributed by atoms with E-state index in [1.54, 1.807) is 13.8 Å². The molecule has 0 atom stereocenters. The third kappa shape index (κ3) is 38.8. The fraction of sp³-hybridized carbons (Fsp3) is 1.00. The molecule has 14 heavy (non-hydrogen) atoms. The van der Waals surface area contributed by atoms with E-state index in [0.717, 1.165) is 41.9 Å². The molecule has 0 radical (unpaired) electrons. The molecule has 92 valence electrons. The van der Waals surface area contributed by atoms with Gasteiger partial charge in [-0.1, -0.05) is 13.8 Å². The molecular formula is C5H26O5Si4. The molecule has 0 rings (SSSR count). The Labute approximate surface area is 98.7 Å². The van der Waals surface area contributed by atoms with E-state index in [9.17, 15) is 0 Å². The Hall–Kier alpha value is 0.668. The standard InChI is InChI=1S/C5H12O2.2H6OSi2.H2O/c1-5(2,3-6)4-7;2*2-1-3;/h6-7H,3-4H2,1-2H3;2*2-3H3;1H2. The Kier molecular flexibility index (Phi) is 33.1. The fourth-order valence-corrected chi connectivity index (χ4v) is 0.0500. The van der Waals surface area contributed by atoms with Gasteiger partial charge in [-0.2, -0.15) is 0 Å². The lowest BCUT2D eigenvalue weighted by molar-refractivity contribution is 0.0857. The van der Waals surface area contributed by atoms with Crippen molar-refractivity contribution in [3.63, 3.8) is 0 Å². The summed E-state index contributed by atoms with van der Waals surface area (Å²) in [5.41, 5.74) is -0.306. The van der Waals surface area contributed by atoms with Gasteiger partial charge in [0, 0.05) is 5.41 Å². The van der Waals surface area contributed by atoms with Crippen molar-refractivity contribution >= 4 is 41.9 Å². The molecule has 0 aromatic carbocycles.